The standard InChI is InChI=1S/C13H9.C3H7NO.C2H7Si.2ClH.Ti/c1-3-7-12-10(5-1)9-11-6-2-4-8-13(11)12;1-2-3(4)5;1-3-2;;;/h1-5,7-8H,9H2;2H2,1H3,(H2,4,5);3H,1-2H3;2*1H;/q-1;;;;;+2/p-3. The Hall–Kier alpha value is -0.579. The zero-order chi connectivity index (χ0) is 18.4. The minimum absolute atomic E-state index is 0.333. The molecule has 1 aliphatic rings. The molecular weight excluding hydrogens is 393 g/mol. The van der Waals surface area contributed by atoms with E-state index >= 15 is 0 Å². The monoisotopic (exact) mass is 414 g/mol. The van der Waals surface area contributed by atoms with Gasteiger partial charge in [0.25, 0.3) is 0 Å². The number of amides is 1. The van der Waals surface area contributed by atoms with Gasteiger partial charge in [-0.05, 0) is 12.8 Å². The molecule has 1 amide bonds. The summed E-state index contributed by atoms with van der Waals surface area (Å²) in [7, 11) is 10.5. The maximum atomic E-state index is 9.48. The molecule has 129 valence electrons. The van der Waals surface area contributed by atoms with E-state index in [-0.39, 0.29) is 0 Å². The number of benzene rings is 2. The Morgan fingerprint density at radius 1 is 1.21 bits per heavy atom. The summed E-state index contributed by atoms with van der Waals surface area (Å²) in [5.41, 5.74) is 11.7. The van der Waals surface area contributed by atoms with Gasteiger partial charge < -0.3 is 10.5 Å². The van der Waals surface area contributed by atoms with E-state index in [1.165, 1.54) is 22.3 Å². The molecule has 0 heterocycles. The molecular formula is C18H22Cl2NOSiTi-2. The minimum Gasteiger partial charge on any atom is -0.179 e. The third-order valence-corrected chi connectivity index (χ3v) is 2.94. The van der Waals surface area contributed by atoms with Crippen LogP contribution in [0.4, 0.5) is 0 Å². The van der Waals surface area contributed by atoms with Crippen molar-refractivity contribution in [3.63, 3.8) is 0 Å². The molecule has 6 heteroatoms. The van der Waals surface area contributed by atoms with E-state index in [4.69, 9.17) is 24.3 Å². The summed E-state index contributed by atoms with van der Waals surface area (Å²) >= 11 is -0.556. The molecule has 3 rings (SSSR count). The number of hydrogen-bond donors (Lipinski definition) is 0. The molecule has 24 heavy (non-hydrogen) atoms. The van der Waals surface area contributed by atoms with Crippen molar-refractivity contribution in [2.24, 2.45) is 0 Å². The van der Waals surface area contributed by atoms with Crippen LogP contribution < -0.4 is 0 Å². The Labute approximate surface area is 164 Å². The summed E-state index contributed by atoms with van der Waals surface area (Å²) in [6.07, 6.45) is 1.38. The Morgan fingerprint density at radius 2 is 1.71 bits per heavy atom. The van der Waals surface area contributed by atoms with Gasteiger partial charge in [-0.15, -0.1) is 5.56 Å². The molecule has 0 fully saturated rings. The number of rotatable bonds is 1. The fourth-order valence-corrected chi connectivity index (χ4v) is 2.00. The van der Waals surface area contributed by atoms with Crippen LogP contribution in [0.1, 0.15) is 24.5 Å². The first-order chi connectivity index (χ1) is 11.5. The normalized spacial score (nSPS) is 9.54. The number of fused-ring (bicyclic) bond motifs is 3. The van der Waals surface area contributed by atoms with E-state index < -0.39 is 22.9 Å². The molecule has 0 aromatic heterocycles. The maximum absolute atomic E-state index is 9.48. The van der Waals surface area contributed by atoms with Crippen LogP contribution in [0.2, 0.25) is 13.1 Å². The molecule has 0 spiro atoms. The molecule has 2 aromatic carbocycles. The fraction of sp³-hybridized carbons (Fsp3) is 0.278. The average molecular weight is 415 g/mol. The van der Waals surface area contributed by atoms with Crippen molar-refractivity contribution in [2.45, 2.75) is 32.9 Å². The summed E-state index contributed by atoms with van der Waals surface area (Å²) in [5, 5.41) is 0. The molecule has 2 aromatic rings. The van der Waals surface area contributed by atoms with Gasteiger partial charge in [-0.2, -0.15) is 29.8 Å². The van der Waals surface area contributed by atoms with Crippen molar-refractivity contribution in [1.82, 2.24) is 0 Å². The largest absolute Gasteiger partial charge is 0.179 e. The molecule has 1 aliphatic carbocycles. The molecule has 0 unspecified atom stereocenters. The van der Waals surface area contributed by atoms with Crippen molar-refractivity contribution in [1.29, 1.82) is 0 Å². The molecule has 0 saturated heterocycles. The zero-order valence-corrected chi connectivity index (χ0v) is 18.4. The van der Waals surface area contributed by atoms with Crippen LogP contribution in [0.5, 0.6) is 0 Å². The third kappa shape index (κ3) is 9.05. The van der Waals surface area contributed by atoms with Gasteiger partial charge in [-0.3, -0.25) is 0 Å². The fourth-order valence-electron chi connectivity index (χ4n) is 2.00. The number of carbonyl (C=O) groups excluding carboxylic acids is 1. The van der Waals surface area contributed by atoms with E-state index in [1.54, 1.807) is 6.92 Å². The second-order valence-electron chi connectivity index (χ2n) is 4.82. The Kier molecular flexibility index (Phi) is 14.4. The first kappa shape index (κ1) is 23.4. The maximum Gasteiger partial charge on any atom is -0.0253 e. The van der Waals surface area contributed by atoms with Gasteiger partial charge in [-0.1, -0.05) is 55.4 Å². The van der Waals surface area contributed by atoms with Gasteiger partial charge in [0.15, 0.2) is 0 Å². The van der Waals surface area contributed by atoms with Crippen LogP contribution in [0, 0.1) is 6.07 Å². The van der Waals surface area contributed by atoms with Crippen LogP contribution in [-0.4, -0.2) is 15.4 Å². The minimum atomic E-state index is -0.556. The van der Waals surface area contributed by atoms with E-state index in [0.29, 0.717) is 6.42 Å². The van der Waals surface area contributed by atoms with Crippen LogP contribution in [0.3, 0.4) is 0 Å². The van der Waals surface area contributed by atoms with Gasteiger partial charge in [0.2, 0.25) is 0 Å². The molecule has 2 nitrogen and oxygen atoms in total. The number of hydrogen-bond acceptors (Lipinski definition) is 1. The van der Waals surface area contributed by atoms with Crippen LogP contribution >= 0.6 is 18.6 Å². The van der Waals surface area contributed by atoms with E-state index in [0.717, 1.165) is 15.9 Å². The van der Waals surface area contributed by atoms with E-state index in [2.05, 4.69) is 55.6 Å². The summed E-state index contributed by atoms with van der Waals surface area (Å²) < 4.78 is 0. The second-order valence-corrected chi connectivity index (χ2v) is 8.56. The van der Waals surface area contributed by atoms with E-state index in [1.807, 2.05) is 6.07 Å². The van der Waals surface area contributed by atoms with Gasteiger partial charge in [-0.25, -0.2) is 0 Å². The first-order valence-electron chi connectivity index (χ1n) is 7.58. The quantitative estimate of drug-likeness (QED) is 0.359. The SMILES string of the molecule is CCC([NH-])=O.C[SiH]C.[Cl][Ti][Cl].[c-]1cccc2c1Cc1ccccc1-2. The summed E-state index contributed by atoms with van der Waals surface area (Å²) in [6.45, 7) is 6.08. The van der Waals surface area contributed by atoms with Gasteiger partial charge >= 0.3 is 35.6 Å². The summed E-state index contributed by atoms with van der Waals surface area (Å²) in [5.74, 6) is -0.495. The number of carbonyl (C=O) groups is 1. The van der Waals surface area contributed by atoms with Gasteiger partial charge in [0.1, 0.15) is 0 Å². The molecule has 1 N–H and O–H groups in total. The smallest absolute Gasteiger partial charge is 0.0253 e. The van der Waals surface area contributed by atoms with Crippen molar-refractivity contribution in [3.8, 4) is 11.1 Å². The van der Waals surface area contributed by atoms with Crippen LogP contribution in [0.25, 0.3) is 16.9 Å². The Balaban J connectivity index is 0.000000406. The van der Waals surface area contributed by atoms with Crippen molar-refractivity contribution < 1.29 is 21.8 Å². The molecule has 0 aliphatic heterocycles. The van der Waals surface area contributed by atoms with Gasteiger partial charge in [0.05, 0.1) is 0 Å². The van der Waals surface area contributed by atoms with Gasteiger partial charge in [0, 0.05) is 15.4 Å². The van der Waals surface area contributed by atoms with Crippen molar-refractivity contribution in [3.05, 3.63) is 65.4 Å². The van der Waals surface area contributed by atoms with Crippen molar-refractivity contribution >= 4 is 34.0 Å². The van der Waals surface area contributed by atoms with Crippen LogP contribution in [0.15, 0.2) is 42.5 Å². The second kappa shape index (κ2) is 14.7. The first-order valence-corrected chi connectivity index (χ1v) is 14.2. The predicted molar refractivity (Wildman–Crippen MR) is 104 cm³/mol. The Bertz CT molecular complexity index is 566. The van der Waals surface area contributed by atoms with E-state index in [9.17, 15) is 4.79 Å². The summed E-state index contributed by atoms with van der Waals surface area (Å²) in [4.78, 5) is 9.48. The zero-order valence-electron chi connectivity index (χ0n) is 14.2. The third-order valence-electron chi connectivity index (χ3n) is 2.94. The molecule has 0 atom stereocenters. The number of nitrogens with one attached hydrogen (secondary N) is 1. The Morgan fingerprint density at radius 3 is 2.25 bits per heavy atom. The summed E-state index contributed by atoms with van der Waals surface area (Å²) in [6, 6.07) is 18.1. The predicted octanol–water partition coefficient (Wildman–Crippen LogP) is 5.93. The molecule has 0 bridgehead atoms. The topological polar surface area (TPSA) is 40.9 Å². The average Bonchev–Trinajstić information content (AvgIpc) is 2.95. The molecule has 0 saturated carbocycles. The number of halogens is 2. The van der Waals surface area contributed by atoms with Crippen molar-refractivity contribution in [2.75, 3.05) is 0 Å². The van der Waals surface area contributed by atoms with Crippen LogP contribution in [-0.2, 0) is 28.2 Å². The molecule has 1 radical (unpaired) electrons.